The number of carbonyl (C=O) groups is 1. The lowest BCUT2D eigenvalue weighted by atomic mass is 9.94. The van der Waals surface area contributed by atoms with Crippen molar-refractivity contribution in [1.29, 1.82) is 0 Å². The Morgan fingerprint density at radius 2 is 1.73 bits per heavy atom. The highest BCUT2D eigenvalue weighted by atomic mass is 32.2. The van der Waals surface area contributed by atoms with E-state index in [4.69, 9.17) is 0 Å². The molecule has 2 aromatic carbocycles. The molecule has 174 valence electrons. The second kappa shape index (κ2) is 10.0. The number of hydrogen-bond acceptors (Lipinski definition) is 7. The molecule has 3 aromatic rings. The van der Waals surface area contributed by atoms with Gasteiger partial charge in [0.1, 0.15) is 0 Å². The Morgan fingerprint density at radius 1 is 1.06 bits per heavy atom. The van der Waals surface area contributed by atoms with E-state index in [0.29, 0.717) is 35.8 Å². The molecular formula is C22H26N6O3S2. The van der Waals surface area contributed by atoms with Crippen LogP contribution in [0.2, 0.25) is 0 Å². The average Bonchev–Trinajstić information content (AvgIpc) is 3.27. The number of amides is 1. The lowest BCUT2D eigenvalue weighted by molar-refractivity contribution is -0.113. The van der Waals surface area contributed by atoms with Gasteiger partial charge in [-0.25, -0.2) is 8.42 Å². The number of piperidine rings is 1. The van der Waals surface area contributed by atoms with Crippen LogP contribution in [0, 0.1) is 11.8 Å². The number of para-hydroxylation sites is 1. The van der Waals surface area contributed by atoms with Crippen LogP contribution in [0.1, 0.15) is 20.3 Å². The Labute approximate surface area is 197 Å². The number of benzene rings is 2. The van der Waals surface area contributed by atoms with E-state index in [-0.39, 0.29) is 16.6 Å². The predicted molar refractivity (Wildman–Crippen MR) is 127 cm³/mol. The lowest BCUT2D eigenvalue weighted by Gasteiger charge is -2.34. The topological polar surface area (TPSA) is 110 Å². The van der Waals surface area contributed by atoms with Crippen LogP contribution < -0.4 is 5.32 Å². The van der Waals surface area contributed by atoms with Crippen LogP contribution in [-0.2, 0) is 14.8 Å². The smallest absolute Gasteiger partial charge is 0.243 e. The first kappa shape index (κ1) is 23.4. The van der Waals surface area contributed by atoms with Crippen LogP contribution in [-0.4, -0.2) is 57.7 Å². The number of thioether (sulfide) groups is 1. The highest BCUT2D eigenvalue weighted by Gasteiger charge is 2.31. The van der Waals surface area contributed by atoms with Gasteiger partial charge in [0, 0.05) is 18.8 Å². The van der Waals surface area contributed by atoms with E-state index >= 15 is 0 Å². The van der Waals surface area contributed by atoms with Gasteiger partial charge in [-0.05, 0) is 65.1 Å². The third-order valence-electron chi connectivity index (χ3n) is 5.39. The fourth-order valence-electron chi connectivity index (χ4n) is 3.99. The number of rotatable bonds is 7. The monoisotopic (exact) mass is 486 g/mol. The van der Waals surface area contributed by atoms with Gasteiger partial charge in [0.15, 0.2) is 0 Å². The molecule has 2 heterocycles. The SMILES string of the molecule is CC1CC(C)CN(S(=O)(=O)c2ccc(NC(=O)CSc3nnnn3-c3ccccc3)cc2)C1. The molecule has 0 radical (unpaired) electrons. The van der Waals surface area contributed by atoms with Crippen molar-refractivity contribution in [3.63, 3.8) is 0 Å². The van der Waals surface area contributed by atoms with Crippen LogP contribution in [0.4, 0.5) is 5.69 Å². The maximum Gasteiger partial charge on any atom is 0.243 e. The molecule has 1 aromatic heterocycles. The minimum Gasteiger partial charge on any atom is -0.325 e. The molecule has 0 aliphatic carbocycles. The van der Waals surface area contributed by atoms with Gasteiger partial charge in [-0.1, -0.05) is 43.8 Å². The maximum atomic E-state index is 13.0. The molecule has 1 aliphatic rings. The van der Waals surface area contributed by atoms with E-state index in [9.17, 15) is 13.2 Å². The van der Waals surface area contributed by atoms with Gasteiger partial charge < -0.3 is 5.32 Å². The Balaban J connectivity index is 1.36. The second-order valence-electron chi connectivity index (χ2n) is 8.34. The molecule has 2 unspecified atom stereocenters. The number of anilines is 1. The van der Waals surface area contributed by atoms with Crippen molar-refractivity contribution in [1.82, 2.24) is 24.5 Å². The van der Waals surface area contributed by atoms with Crippen molar-refractivity contribution in [3.05, 3.63) is 54.6 Å². The third-order valence-corrected chi connectivity index (χ3v) is 8.15. The number of aromatic nitrogens is 4. The van der Waals surface area contributed by atoms with Gasteiger partial charge in [0.05, 0.1) is 16.3 Å². The summed E-state index contributed by atoms with van der Waals surface area (Å²) in [6.07, 6.45) is 1.03. The Kier molecular flexibility index (Phi) is 7.11. The van der Waals surface area contributed by atoms with Crippen LogP contribution >= 0.6 is 11.8 Å². The minimum absolute atomic E-state index is 0.108. The van der Waals surface area contributed by atoms with Crippen LogP contribution in [0.3, 0.4) is 0 Å². The Morgan fingerprint density at radius 3 is 2.39 bits per heavy atom. The zero-order chi connectivity index (χ0) is 23.4. The normalized spacial score (nSPS) is 19.3. The van der Waals surface area contributed by atoms with Gasteiger partial charge in [0.2, 0.25) is 21.1 Å². The zero-order valence-electron chi connectivity index (χ0n) is 18.5. The number of tetrazole rings is 1. The van der Waals surface area contributed by atoms with Gasteiger partial charge in [0.25, 0.3) is 0 Å². The largest absolute Gasteiger partial charge is 0.325 e. The lowest BCUT2D eigenvalue weighted by Crippen LogP contribution is -2.42. The first-order chi connectivity index (χ1) is 15.8. The van der Waals surface area contributed by atoms with Gasteiger partial charge >= 0.3 is 0 Å². The molecule has 1 N–H and O–H groups in total. The van der Waals surface area contributed by atoms with E-state index in [2.05, 4.69) is 34.7 Å². The Bertz CT molecular complexity index is 1190. The van der Waals surface area contributed by atoms with Crippen molar-refractivity contribution < 1.29 is 13.2 Å². The first-order valence-corrected chi connectivity index (χ1v) is 13.1. The maximum absolute atomic E-state index is 13.0. The van der Waals surface area contributed by atoms with Crippen LogP contribution in [0.25, 0.3) is 5.69 Å². The predicted octanol–water partition coefficient (Wildman–Crippen LogP) is 3.06. The molecule has 1 aliphatic heterocycles. The summed E-state index contributed by atoms with van der Waals surface area (Å²) < 4.78 is 29.1. The molecule has 1 fully saturated rings. The molecule has 33 heavy (non-hydrogen) atoms. The molecule has 1 saturated heterocycles. The van der Waals surface area contributed by atoms with Gasteiger partial charge in [-0.3, -0.25) is 4.79 Å². The van der Waals surface area contributed by atoms with E-state index in [0.717, 1.165) is 12.1 Å². The van der Waals surface area contributed by atoms with Crippen molar-refractivity contribution in [2.45, 2.75) is 30.3 Å². The summed E-state index contributed by atoms with van der Waals surface area (Å²) in [4.78, 5) is 12.7. The highest BCUT2D eigenvalue weighted by Crippen LogP contribution is 2.27. The summed E-state index contributed by atoms with van der Waals surface area (Å²) in [5, 5.41) is 14.9. The van der Waals surface area contributed by atoms with E-state index in [1.54, 1.807) is 21.1 Å². The van der Waals surface area contributed by atoms with E-state index < -0.39 is 10.0 Å². The van der Waals surface area contributed by atoms with Crippen LogP contribution in [0.15, 0.2) is 64.6 Å². The number of hydrogen-bond donors (Lipinski definition) is 1. The van der Waals surface area contributed by atoms with Crippen LogP contribution in [0.5, 0.6) is 0 Å². The third kappa shape index (κ3) is 5.60. The first-order valence-electron chi connectivity index (χ1n) is 10.7. The molecule has 4 rings (SSSR count). The summed E-state index contributed by atoms with van der Waals surface area (Å²) >= 11 is 1.21. The number of nitrogens with zero attached hydrogens (tertiary/aromatic N) is 5. The molecule has 11 heteroatoms. The summed E-state index contributed by atoms with van der Waals surface area (Å²) in [5.74, 6) is 0.540. The van der Waals surface area contributed by atoms with Crippen molar-refractivity contribution in [2.75, 3.05) is 24.2 Å². The second-order valence-corrected chi connectivity index (χ2v) is 11.2. The molecular weight excluding hydrogens is 460 g/mol. The zero-order valence-corrected chi connectivity index (χ0v) is 20.1. The summed E-state index contributed by atoms with van der Waals surface area (Å²) in [6, 6.07) is 15.7. The number of carbonyl (C=O) groups excluding carboxylic acids is 1. The summed E-state index contributed by atoms with van der Waals surface area (Å²) in [5.41, 5.74) is 1.34. The van der Waals surface area contributed by atoms with Crippen molar-refractivity contribution >= 4 is 33.4 Å². The number of nitrogens with one attached hydrogen (secondary N) is 1. The van der Waals surface area contributed by atoms with Gasteiger partial charge in [-0.15, -0.1) is 5.10 Å². The fourth-order valence-corrected chi connectivity index (χ4v) is 6.36. The molecule has 0 spiro atoms. The number of sulfonamides is 1. The molecule has 1 amide bonds. The molecule has 9 nitrogen and oxygen atoms in total. The quantitative estimate of drug-likeness (QED) is 0.511. The van der Waals surface area contributed by atoms with Gasteiger partial charge in [-0.2, -0.15) is 8.99 Å². The van der Waals surface area contributed by atoms with E-state index in [1.165, 1.54) is 23.9 Å². The van der Waals surface area contributed by atoms with Crippen molar-refractivity contribution in [2.24, 2.45) is 11.8 Å². The van der Waals surface area contributed by atoms with Crippen molar-refractivity contribution in [3.8, 4) is 5.69 Å². The molecule has 0 bridgehead atoms. The standard InChI is InChI=1S/C22H26N6O3S2/c1-16-12-17(2)14-27(13-16)33(30,31)20-10-8-18(9-11-20)23-21(29)15-32-22-24-25-26-28(22)19-6-4-3-5-7-19/h3-11,16-17H,12-15H2,1-2H3,(H,23,29). The van der Waals surface area contributed by atoms with E-state index in [1.807, 2.05) is 30.3 Å². The Hall–Kier alpha value is -2.76. The average molecular weight is 487 g/mol. The molecule has 2 atom stereocenters. The minimum atomic E-state index is -3.55. The summed E-state index contributed by atoms with van der Waals surface area (Å²) in [6.45, 7) is 5.22. The summed E-state index contributed by atoms with van der Waals surface area (Å²) in [7, 11) is -3.55. The fraction of sp³-hybridized carbons (Fsp3) is 0.364. The molecule has 0 saturated carbocycles. The highest BCUT2D eigenvalue weighted by molar-refractivity contribution is 7.99.